The molecule has 2 nitrogen and oxygen atoms in total. The third-order valence-corrected chi connectivity index (χ3v) is 3.67. The smallest absolute Gasteiger partial charge is 0.150 e. The number of unbranched alkanes of at least 4 members (excludes halogenated alkanes) is 5. The van der Waals surface area contributed by atoms with Gasteiger partial charge in [-0.2, -0.15) is 0 Å². The van der Waals surface area contributed by atoms with Gasteiger partial charge in [0.05, 0.1) is 10.0 Å². The van der Waals surface area contributed by atoms with Gasteiger partial charge >= 0.3 is 0 Å². The monoisotopic (exact) mass is 308 g/mol. The Bertz CT molecular complexity index is 369. The van der Waals surface area contributed by atoms with Gasteiger partial charge in [0, 0.05) is 6.54 Å². The Labute approximate surface area is 124 Å². The minimum atomic E-state index is 0.284. The van der Waals surface area contributed by atoms with E-state index in [9.17, 15) is 0 Å². The zero-order chi connectivity index (χ0) is 13.4. The number of hydrogen-bond acceptors (Lipinski definition) is 2. The molecule has 0 atom stereocenters. The van der Waals surface area contributed by atoms with Gasteiger partial charge in [-0.15, -0.1) is 0 Å². The first kappa shape index (κ1) is 15.9. The molecule has 5 heteroatoms. The van der Waals surface area contributed by atoms with E-state index in [1.165, 1.54) is 32.1 Å². The maximum Gasteiger partial charge on any atom is 0.150 e. The predicted molar refractivity (Wildman–Crippen MR) is 81.1 cm³/mol. The Hall–Kier alpha value is -0.180. The Balaban J connectivity index is 2.25. The van der Waals surface area contributed by atoms with Crippen molar-refractivity contribution in [2.24, 2.45) is 0 Å². The number of nitrogens with zero attached hydrogens (tertiary/aromatic N) is 1. The molecule has 0 unspecified atom stereocenters. The predicted octanol–water partition coefficient (Wildman–Crippen LogP) is 5.81. The summed E-state index contributed by atoms with van der Waals surface area (Å²) in [6.45, 7) is 3.08. The number of hydrogen-bond donors (Lipinski definition) is 1. The molecule has 0 aromatic carbocycles. The normalized spacial score (nSPS) is 10.7. The average molecular weight is 310 g/mol. The zero-order valence-corrected chi connectivity index (χ0v) is 12.9. The summed E-state index contributed by atoms with van der Waals surface area (Å²) in [6, 6.07) is 1.61. The van der Waals surface area contributed by atoms with E-state index in [1.54, 1.807) is 6.07 Å². The summed E-state index contributed by atoms with van der Waals surface area (Å²) < 4.78 is 0. The number of halogens is 3. The van der Waals surface area contributed by atoms with Crippen molar-refractivity contribution in [2.75, 3.05) is 11.9 Å². The van der Waals surface area contributed by atoms with Crippen LogP contribution in [0.3, 0.4) is 0 Å². The molecule has 1 heterocycles. The third kappa shape index (κ3) is 5.64. The van der Waals surface area contributed by atoms with Crippen LogP contribution in [-0.2, 0) is 0 Å². The highest BCUT2D eigenvalue weighted by Crippen LogP contribution is 2.28. The van der Waals surface area contributed by atoms with Gasteiger partial charge < -0.3 is 5.32 Å². The maximum atomic E-state index is 6.01. The van der Waals surface area contributed by atoms with E-state index < -0.39 is 0 Å². The van der Waals surface area contributed by atoms with Crippen LogP contribution in [0.5, 0.6) is 0 Å². The minimum absolute atomic E-state index is 0.284. The van der Waals surface area contributed by atoms with Crippen LogP contribution in [0.2, 0.25) is 15.2 Å². The highest BCUT2D eigenvalue weighted by atomic mass is 35.5. The summed E-state index contributed by atoms with van der Waals surface area (Å²) in [5.41, 5.74) is 0. The second-order valence-electron chi connectivity index (χ2n) is 4.29. The molecule has 0 fully saturated rings. The van der Waals surface area contributed by atoms with Crippen LogP contribution in [0.15, 0.2) is 6.07 Å². The second-order valence-corrected chi connectivity index (χ2v) is 5.46. The summed E-state index contributed by atoms with van der Waals surface area (Å²) >= 11 is 17.7. The van der Waals surface area contributed by atoms with Gasteiger partial charge in [0.25, 0.3) is 0 Å². The van der Waals surface area contributed by atoms with Crippen molar-refractivity contribution in [3.05, 3.63) is 21.3 Å². The molecule has 102 valence electrons. The van der Waals surface area contributed by atoms with Crippen LogP contribution < -0.4 is 5.32 Å². The molecule has 0 spiro atoms. The lowest BCUT2D eigenvalue weighted by Crippen LogP contribution is -2.04. The summed E-state index contributed by atoms with van der Waals surface area (Å²) in [4.78, 5) is 4.11. The van der Waals surface area contributed by atoms with Crippen molar-refractivity contribution in [1.29, 1.82) is 0 Å². The molecule has 0 amide bonds. The zero-order valence-electron chi connectivity index (χ0n) is 10.6. The van der Waals surface area contributed by atoms with E-state index in [0.717, 1.165) is 13.0 Å². The number of nitrogens with one attached hydrogen (secondary N) is 1. The Morgan fingerprint density at radius 1 is 1.00 bits per heavy atom. The molecule has 0 aliphatic heterocycles. The van der Waals surface area contributed by atoms with Gasteiger partial charge in [-0.3, -0.25) is 0 Å². The van der Waals surface area contributed by atoms with E-state index in [-0.39, 0.29) is 5.15 Å². The Morgan fingerprint density at radius 3 is 2.39 bits per heavy atom. The summed E-state index contributed by atoms with van der Waals surface area (Å²) in [5, 5.41) is 4.36. The third-order valence-electron chi connectivity index (χ3n) is 2.71. The van der Waals surface area contributed by atoms with Crippen LogP contribution in [0.25, 0.3) is 0 Å². The van der Waals surface area contributed by atoms with Crippen molar-refractivity contribution in [2.45, 2.75) is 45.4 Å². The van der Waals surface area contributed by atoms with Crippen molar-refractivity contribution in [3.63, 3.8) is 0 Å². The first-order valence-corrected chi connectivity index (χ1v) is 7.54. The fourth-order valence-electron chi connectivity index (χ4n) is 1.68. The Morgan fingerprint density at radius 2 is 1.67 bits per heavy atom. The van der Waals surface area contributed by atoms with Gasteiger partial charge in [-0.25, -0.2) is 4.98 Å². The standard InChI is InChI=1S/C13H19Cl3N2/c1-2-3-4-5-6-7-8-17-13-11(15)9-10(14)12(16)18-13/h9H,2-8H2,1H3,(H,17,18). The van der Waals surface area contributed by atoms with Gasteiger partial charge in [0.1, 0.15) is 11.0 Å². The fourth-order valence-corrected chi connectivity index (χ4v) is 2.24. The number of rotatable bonds is 8. The molecule has 0 radical (unpaired) electrons. The van der Waals surface area contributed by atoms with E-state index in [2.05, 4.69) is 17.2 Å². The maximum absolute atomic E-state index is 6.01. The minimum Gasteiger partial charge on any atom is -0.369 e. The topological polar surface area (TPSA) is 24.9 Å². The summed E-state index contributed by atoms with van der Waals surface area (Å²) in [6.07, 6.45) is 7.56. The number of aromatic nitrogens is 1. The van der Waals surface area contributed by atoms with Crippen molar-refractivity contribution >= 4 is 40.6 Å². The molecule has 0 bridgehead atoms. The van der Waals surface area contributed by atoms with Crippen LogP contribution in [0.4, 0.5) is 5.82 Å². The van der Waals surface area contributed by atoms with Crippen molar-refractivity contribution in [1.82, 2.24) is 4.98 Å². The summed E-state index contributed by atoms with van der Waals surface area (Å²) in [7, 11) is 0. The van der Waals surface area contributed by atoms with Crippen LogP contribution >= 0.6 is 34.8 Å². The quantitative estimate of drug-likeness (QED) is 0.484. The number of pyridine rings is 1. The lowest BCUT2D eigenvalue weighted by Gasteiger charge is -2.08. The molecule has 1 rings (SSSR count). The highest BCUT2D eigenvalue weighted by molar-refractivity contribution is 6.42. The van der Waals surface area contributed by atoms with Crippen LogP contribution in [0.1, 0.15) is 45.4 Å². The van der Waals surface area contributed by atoms with Gasteiger partial charge in [0.15, 0.2) is 0 Å². The summed E-state index contributed by atoms with van der Waals surface area (Å²) in [5.74, 6) is 0.611. The SMILES string of the molecule is CCCCCCCCNc1nc(Cl)c(Cl)cc1Cl. The first-order valence-electron chi connectivity index (χ1n) is 6.40. The van der Waals surface area contributed by atoms with E-state index in [4.69, 9.17) is 34.8 Å². The molecule has 1 aromatic heterocycles. The molecule has 0 saturated carbocycles. The molecule has 0 aliphatic rings. The molecule has 1 N–H and O–H groups in total. The Kier molecular flexibility index (Phi) is 7.80. The molecular weight excluding hydrogens is 291 g/mol. The first-order chi connectivity index (χ1) is 8.65. The van der Waals surface area contributed by atoms with E-state index in [0.29, 0.717) is 15.9 Å². The second kappa shape index (κ2) is 8.84. The average Bonchev–Trinajstić information content (AvgIpc) is 2.34. The van der Waals surface area contributed by atoms with Crippen molar-refractivity contribution in [3.8, 4) is 0 Å². The lowest BCUT2D eigenvalue weighted by atomic mass is 10.1. The molecular formula is C13H19Cl3N2. The lowest BCUT2D eigenvalue weighted by molar-refractivity contribution is 0.617. The molecule has 18 heavy (non-hydrogen) atoms. The van der Waals surface area contributed by atoms with Crippen molar-refractivity contribution < 1.29 is 0 Å². The van der Waals surface area contributed by atoms with E-state index in [1.807, 2.05) is 0 Å². The van der Waals surface area contributed by atoms with Crippen LogP contribution in [-0.4, -0.2) is 11.5 Å². The molecule has 1 aromatic rings. The van der Waals surface area contributed by atoms with Gasteiger partial charge in [0.2, 0.25) is 0 Å². The van der Waals surface area contributed by atoms with Crippen LogP contribution in [0, 0.1) is 0 Å². The molecule has 0 aliphatic carbocycles. The molecule has 0 saturated heterocycles. The van der Waals surface area contributed by atoms with Gasteiger partial charge in [-0.1, -0.05) is 73.8 Å². The highest BCUT2D eigenvalue weighted by Gasteiger charge is 2.06. The van der Waals surface area contributed by atoms with E-state index >= 15 is 0 Å². The fraction of sp³-hybridized carbons (Fsp3) is 0.615. The number of anilines is 1. The van der Waals surface area contributed by atoms with Gasteiger partial charge in [-0.05, 0) is 12.5 Å². The largest absolute Gasteiger partial charge is 0.369 e.